The lowest BCUT2D eigenvalue weighted by Gasteiger charge is -2.22. The van der Waals surface area contributed by atoms with Gasteiger partial charge < -0.3 is 9.84 Å². The van der Waals surface area contributed by atoms with Crippen LogP contribution in [0.15, 0.2) is 12.7 Å². The van der Waals surface area contributed by atoms with E-state index in [-0.39, 0.29) is 11.7 Å². The minimum Gasteiger partial charge on any atom is -0.481 e. The maximum absolute atomic E-state index is 10.7. The van der Waals surface area contributed by atoms with Gasteiger partial charge in [-0.3, -0.25) is 4.79 Å². The van der Waals surface area contributed by atoms with E-state index in [1.807, 2.05) is 6.92 Å². The molecule has 1 heterocycles. The van der Waals surface area contributed by atoms with E-state index in [1.165, 1.54) is 0 Å². The van der Waals surface area contributed by atoms with Crippen LogP contribution in [0.3, 0.4) is 0 Å². The van der Waals surface area contributed by atoms with Gasteiger partial charge in [-0.15, -0.1) is 6.58 Å². The van der Waals surface area contributed by atoms with Crippen LogP contribution in [0.1, 0.15) is 26.7 Å². The molecule has 0 aromatic rings. The Bertz CT molecular complexity index is 224. The molecule has 1 aliphatic heterocycles. The fourth-order valence-corrected chi connectivity index (χ4v) is 1.55. The van der Waals surface area contributed by atoms with Crippen molar-refractivity contribution in [2.45, 2.75) is 38.4 Å². The molecule has 0 saturated carbocycles. The Balaban J connectivity index is 2.59. The van der Waals surface area contributed by atoms with Gasteiger partial charge in [0.15, 0.2) is 0 Å². The van der Waals surface area contributed by atoms with E-state index in [0.717, 1.165) is 12.8 Å². The molecule has 3 heteroatoms. The topological polar surface area (TPSA) is 46.5 Å². The van der Waals surface area contributed by atoms with Crippen molar-refractivity contribution in [1.82, 2.24) is 0 Å². The van der Waals surface area contributed by atoms with Crippen molar-refractivity contribution >= 4 is 5.97 Å². The highest BCUT2D eigenvalue weighted by Gasteiger charge is 2.38. The molecule has 3 atom stereocenters. The van der Waals surface area contributed by atoms with Crippen LogP contribution in [0.5, 0.6) is 0 Å². The number of hydrogen-bond donors (Lipinski definition) is 1. The Hall–Kier alpha value is -0.830. The first kappa shape index (κ1) is 10.3. The van der Waals surface area contributed by atoms with Crippen molar-refractivity contribution in [3.8, 4) is 0 Å². The molecule has 0 bridgehead atoms. The van der Waals surface area contributed by atoms with Crippen LogP contribution in [0.2, 0.25) is 0 Å². The Morgan fingerprint density at radius 3 is 2.85 bits per heavy atom. The summed E-state index contributed by atoms with van der Waals surface area (Å²) in [6, 6.07) is 0. The van der Waals surface area contributed by atoms with Gasteiger partial charge in [0, 0.05) is 0 Å². The molecule has 0 spiro atoms. The van der Waals surface area contributed by atoms with Gasteiger partial charge in [0.2, 0.25) is 0 Å². The van der Waals surface area contributed by atoms with Crippen LogP contribution in [-0.4, -0.2) is 22.8 Å². The van der Waals surface area contributed by atoms with Crippen molar-refractivity contribution in [1.29, 1.82) is 0 Å². The molecule has 0 amide bonds. The van der Waals surface area contributed by atoms with Crippen LogP contribution in [-0.2, 0) is 9.53 Å². The lowest BCUT2D eigenvalue weighted by atomic mass is 9.99. The summed E-state index contributed by atoms with van der Waals surface area (Å²) in [5, 5.41) is 8.78. The van der Waals surface area contributed by atoms with Crippen molar-refractivity contribution in [3.05, 3.63) is 12.7 Å². The van der Waals surface area contributed by atoms with Crippen molar-refractivity contribution in [2.75, 3.05) is 0 Å². The van der Waals surface area contributed by atoms with Gasteiger partial charge in [0.05, 0.1) is 17.6 Å². The monoisotopic (exact) mass is 184 g/mol. The van der Waals surface area contributed by atoms with Gasteiger partial charge in [-0.25, -0.2) is 0 Å². The van der Waals surface area contributed by atoms with E-state index in [0.29, 0.717) is 0 Å². The molecule has 74 valence electrons. The van der Waals surface area contributed by atoms with Crippen LogP contribution in [0.4, 0.5) is 0 Å². The van der Waals surface area contributed by atoms with Crippen LogP contribution >= 0.6 is 0 Å². The molecular weight excluding hydrogens is 168 g/mol. The Morgan fingerprint density at radius 2 is 2.46 bits per heavy atom. The number of hydrogen-bond acceptors (Lipinski definition) is 2. The van der Waals surface area contributed by atoms with E-state index in [2.05, 4.69) is 6.58 Å². The highest BCUT2D eigenvalue weighted by atomic mass is 16.5. The maximum atomic E-state index is 10.7. The molecule has 1 saturated heterocycles. The lowest BCUT2D eigenvalue weighted by Crippen LogP contribution is -2.29. The average molecular weight is 184 g/mol. The summed E-state index contributed by atoms with van der Waals surface area (Å²) in [6.07, 6.45) is 3.25. The summed E-state index contributed by atoms with van der Waals surface area (Å²) < 4.78 is 5.62. The molecule has 0 aromatic carbocycles. The fraction of sp³-hybridized carbons (Fsp3) is 0.700. The summed E-state index contributed by atoms with van der Waals surface area (Å²) in [7, 11) is 0. The highest BCUT2D eigenvalue weighted by Crippen LogP contribution is 2.34. The zero-order valence-corrected chi connectivity index (χ0v) is 8.12. The summed E-state index contributed by atoms with van der Waals surface area (Å²) in [5.74, 6) is -1.22. The molecule has 1 rings (SSSR count). The Kier molecular flexibility index (Phi) is 2.76. The summed E-state index contributed by atoms with van der Waals surface area (Å²) in [5.41, 5.74) is -0.325. The lowest BCUT2D eigenvalue weighted by molar-refractivity contribution is -0.147. The van der Waals surface area contributed by atoms with Gasteiger partial charge in [0.25, 0.3) is 0 Å². The van der Waals surface area contributed by atoms with Gasteiger partial charge in [-0.1, -0.05) is 6.08 Å². The fourth-order valence-electron chi connectivity index (χ4n) is 1.55. The molecule has 0 radical (unpaired) electrons. The van der Waals surface area contributed by atoms with Crippen LogP contribution in [0, 0.1) is 5.92 Å². The SMILES string of the molecule is C=C[C@@]1(C)CC[C@@H]([C@H](C)C(=O)O)O1. The second-order valence-electron chi connectivity index (χ2n) is 3.84. The second kappa shape index (κ2) is 3.50. The van der Waals surface area contributed by atoms with Gasteiger partial charge in [-0.2, -0.15) is 0 Å². The maximum Gasteiger partial charge on any atom is 0.308 e. The Morgan fingerprint density at radius 1 is 1.85 bits per heavy atom. The van der Waals surface area contributed by atoms with Gasteiger partial charge in [0.1, 0.15) is 0 Å². The highest BCUT2D eigenvalue weighted by molar-refractivity contribution is 5.70. The Labute approximate surface area is 78.4 Å². The number of rotatable bonds is 3. The van der Waals surface area contributed by atoms with E-state index < -0.39 is 11.9 Å². The van der Waals surface area contributed by atoms with E-state index in [4.69, 9.17) is 9.84 Å². The molecule has 3 nitrogen and oxygen atoms in total. The molecule has 0 aliphatic carbocycles. The molecule has 0 aromatic heterocycles. The zero-order chi connectivity index (χ0) is 10.1. The third-order valence-electron chi connectivity index (χ3n) is 2.72. The smallest absolute Gasteiger partial charge is 0.308 e. The summed E-state index contributed by atoms with van der Waals surface area (Å²) in [4.78, 5) is 10.7. The largest absolute Gasteiger partial charge is 0.481 e. The molecule has 13 heavy (non-hydrogen) atoms. The molecule has 1 fully saturated rings. The van der Waals surface area contributed by atoms with Crippen molar-refractivity contribution in [2.24, 2.45) is 5.92 Å². The van der Waals surface area contributed by atoms with Gasteiger partial charge >= 0.3 is 5.97 Å². The average Bonchev–Trinajstić information content (AvgIpc) is 2.47. The number of ether oxygens (including phenoxy) is 1. The predicted octanol–water partition coefficient (Wildman–Crippen LogP) is 1.83. The quantitative estimate of drug-likeness (QED) is 0.681. The minimum absolute atomic E-state index is 0.166. The second-order valence-corrected chi connectivity index (χ2v) is 3.84. The summed E-state index contributed by atoms with van der Waals surface area (Å²) in [6.45, 7) is 7.30. The first-order valence-electron chi connectivity index (χ1n) is 4.53. The zero-order valence-electron chi connectivity index (χ0n) is 8.12. The van der Waals surface area contributed by atoms with E-state index >= 15 is 0 Å². The third kappa shape index (κ3) is 2.10. The summed E-state index contributed by atoms with van der Waals surface area (Å²) >= 11 is 0. The first-order chi connectivity index (χ1) is 5.98. The molecule has 1 aliphatic rings. The number of carboxylic acids is 1. The predicted molar refractivity (Wildman–Crippen MR) is 49.5 cm³/mol. The van der Waals surface area contributed by atoms with Crippen molar-refractivity contribution in [3.63, 3.8) is 0 Å². The number of aliphatic carboxylic acids is 1. The number of carbonyl (C=O) groups is 1. The molecule has 1 N–H and O–H groups in total. The van der Waals surface area contributed by atoms with Crippen molar-refractivity contribution < 1.29 is 14.6 Å². The molecule has 0 unspecified atom stereocenters. The normalized spacial score (nSPS) is 35.7. The van der Waals surface area contributed by atoms with Gasteiger partial charge in [-0.05, 0) is 26.7 Å². The minimum atomic E-state index is -0.793. The molecular formula is C10H16O3. The van der Waals surface area contributed by atoms with Crippen LogP contribution in [0.25, 0.3) is 0 Å². The van der Waals surface area contributed by atoms with E-state index in [9.17, 15) is 4.79 Å². The number of carboxylic acid groups (broad SMARTS) is 1. The van der Waals surface area contributed by atoms with Crippen LogP contribution < -0.4 is 0 Å². The third-order valence-corrected chi connectivity index (χ3v) is 2.72. The standard InChI is InChI=1S/C10H16O3/c1-4-10(3)6-5-8(13-10)7(2)9(11)12/h4,7-8H,1,5-6H2,2-3H3,(H,11,12)/t7-,8-,10-/m0/s1. The van der Waals surface area contributed by atoms with E-state index in [1.54, 1.807) is 13.0 Å². The first-order valence-corrected chi connectivity index (χ1v) is 4.53.